The van der Waals surface area contributed by atoms with Crippen LogP contribution in [0, 0.1) is 5.82 Å². The Kier molecular flexibility index (Phi) is 13.8. The van der Waals surface area contributed by atoms with Crippen molar-refractivity contribution < 1.29 is 13.9 Å². The summed E-state index contributed by atoms with van der Waals surface area (Å²) in [5.74, 6) is -0.135. The molecule has 202 valence electrons. The van der Waals surface area contributed by atoms with E-state index < -0.39 is 0 Å². The summed E-state index contributed by atoms with van der Waals surface area (Å²) in [5, 5.41) is 3.47. The summed E-state index contributed by atoms with van der Waals surface area (Å²) in [4.78, 5) is 14.8. The number of hydrogen-bond acceptors (Lipinski definition) is 4. The summed E-state index contributed by atoms with van der Waals surface area (Å²) in [6.45, 7) is 10.0. The molecule has 0 radical (unpaired) electrons. The molecule has 2 aromatic rings. The van der Waals surface area contributed by atoms with Gasteiger partial charge in [0, 0.05) is 29.9 Å². The van der Waals surface area contributed by atoms with Crippen LogP contribution in [-0.2, 0) is 11.3 Å². The molecule has 0 saturated carbocycles. The van der Waals surface area contributed by atoms with Gasteiger partial charge in [0.2, 0.25) is 5.91 Å². The maximum absolute atomic E-state index is 14.1. The van der Waals surface area contributed by atoms with E-state index in [0.29, 0.717) is 28.6 Å². The fourth-order valence-electron chi connectivity index (χ4n) is 4.02. The number of amides is 1. The van der Waals surface area contributed by atoms with Crippen molar-refractivity contribution in [3.05, 3.63) is 82.3 Å². The first-order valence-electron chi connectivity index (χ1n) is 13.2. The van der Waals surface area contributed by atoms with Gasteiger partial charge in [-0.25, -0.2) is 4.39 Å². The number of piperidine rings is 1. The van der Waals surface area contributed by atoms with Crippen LogP contribution in [0.5, 0.6) is 5.75 Å². The van der Waals surface area contributed by atoms with Crippen LogP contribution in [0.4, 0.5) is 4.39 Å². The summed E-state index contributed by atoms with van der Waals surface area (Å²) in [6, 6.07) is 12.1. The Labute approximate surface area is 226 Å². The molecule has 0 bridgehead atoms. The number of ether oxygens (including phenoxy) is 1. The minimum Gasteiger partial charge on any atom is -0.493 e. The quantitative estimate of drug-likeness (QED) is 0.251. The van der Waals surface area contributed by atoms with Crippen LogP contribution < -0.4 is 15.8 Å². The van der Waals surface area contributed by atoms with E-state index in [2.05, 4.69) is 10.2 Å². The third-order valence-corrected chi connectivity index (χ3v) is 6.22. The number of likely N-dealkylation sites (tertiary alicyclic amines) is 1. The lowest BCUT2D eigenvalue weighted by molar-refractivity contribution is -0.120. The molecule has 1 saturated heterocycles. The van der Waals surface area contributed by atoms with Crippen molar-refractivity contribution in [2.75, 3.05) is 26.2 Å². The summed E-state index contributed by atoms with van der Waals surface area (Å²) < 4.78 is 19.8. The van der Waals surface area contributed by atoms with Gasteiger partial charge >= 0.3 is 0 Å². The van der Waals surface area contributed by atoms with Crippen molar-refractivity contribution in [1.82, 2.24) is 10.2 Å². The van der Waals surface area contributed by atoms with Crippen molar-refractivity contribution >= 4 is 23.1 Å². The van der Waals surface area contributed by atoms with Crippen molar-refractivity contribution in [3.8, 4) is 5.75 Å². The summed E-state index contributed by atoms with van der Waals surface area (Å²) in [7, 11) is 0. The van der Waals surface area contributed by atoms with Gasteiger partial charge in [-0.2, -0.15) is 0 Å². The van der Waals surface area contributed by atoms with Gasteiger partial charge in [0.15, 0.2) is 0 Å². The molecular formula is C30H41ClFN3O2. The van der Waals surface area contributed by atoms with Crippen LogP contribution >= 0.6 is 11.6 Å². The first-order valence-corrected chi connectivity index (χ1v) is 13.6. The lowest BCUT2D eigenvalue weighted by Gasteiger charge is -2.26. The van der Waals surface area contributed by atoms with E-state index in [9.17, 15) is 9.18 Å². The second kappa shape index (κ2) is 16.8. The first kappa shape index (κ1) is 30.4. The van der Waals surface area contributed by atoms with Gasteiger partial charge in [0.05, 0.1) is 13.0 Å². The van der Waals surface area contributed by atoms with Gasteiger partial charge in [-0.15, -0.1) is 0 Å². The Bertz CT molecular complexity index is 1030. The van der Waals surface area contributed by atoms with Gasteiger partial charge in [0.1, 0.15) is 11.6 Å². The van der Waals surface area contributed by atoms with Crippen molar-refractivity contribution in [2.45, 2.75) is 59.4 Å². The van der Waals surface area contributed by atoms with Crippen LogP contribution in [0.25, 0.3) is 5.57 Å². The van der Waals surface area contributed by atoms with Crippen LogP contribution in [0.15, 0.2) is 60.3 Å². The highest BCUT2D eigenvalue weighted by atomic mass is 35.5. The lowest BCUT2D eigenvalue weighted by atomic mass is 10.1. The highest BCUT2D eigenvalue weighted by Gasteiger charge is 2.10. The standard InChI is InChI=1S/C28H35ClFN3O2.C2H6/c1-21(23-7-9-24(29)10-8-23)6-11-26(31)19-28(34)32-20-22-16-25(30)18-27(17-22)35-15-5-14-33-12-3-2-4-13-33;1-2/h6-11,16-18H,2-5,12-15,19-20,31H2,1H3,(H,32,34);1-2H3/b21-6+,26-11-;. The molecule has 1 fully saturated rings. The molecule has 1 heterocycles. The van der Waals surface area contributed by atoms with E-state index in [1.807, 2.05) is 51.1 Å². The third-order valence-electron chi connectivity index (χ3n) is 5.97. The molecule has 0 aliphatic carbocycles. The number of carbonyl (C=O) groups excluding carboxylic acids is 1. The van der Waals surface area contributed by atoms with E-state index in [4.69, 9.17) is 22.1 Å². The molecule has 1 amide bonds. The highest BCUT2D eigenvalue weighted by Crippen LogP contribution is 2.18. The molecule has 7 heteroatoms. The maximum Gasteiger partial charge on any atom is 0.226 e. The molecule has 0 unspecified atom stereocenters. The van der Waals surface area contributed by atoms with Crippen molar-refractivity contribution in [1.29, 1.82) is 0 Å². The predicted molar refractivity (Wildman–Crippen MR) is 152 cm³/mol. The van der Waals surface area contributed by atoms with Crippen LogP contribution in [0.1, 0.15) is 64.0 Å². The molecule has 1 aliphatic rings. The Morgan fingerprint density at radius 1 is 1.11 bits per heavy atom. The zero-order valence-electron chi connectivity index (χ0n) is 22.4. The number of halogens is 2. The SMILES string of the molecule is C/C(=C\C=C(/N)CC(=O)NCc1cc(F)cc(OCCCN2CCCCC2)c1)c1ccc(Cl)cc1.CC. The van der Waals surface area contributed by atoms with E-state index in [-0.39, 0.29) is 24.7 Å². The van der Waals surface area contributed by atoms with Crippen LogP contribution in [0.2, 0.25) is 5.02 Å². The van der Waals surface area contributed by atoms with E-state index in [1.54, 1.807) is 12.1 Å². The number of benzene rings is 2. The number of hydrogen-bond donors (Lipinski definition) is 2. The number of allylic oxidation sites excluding steroid dienone is 3. The number of nitrogens with zero attached hydrogens (tertiary/aromatic N) is 1. The first-order chi connectivity index (χ1) is 17.9. The minimum atomic E-state index is -0.384. The molecule has 0 spiro atoms. The number of nitrogens with one attached hydrogen (secondary N) is 1. The van der Waals surface area contributed by atoms with E-state index >= 15 is 0 Å². The molecule has 3 rings (SSSR count). The van der Waals surface area contributed by atoms with Crippen molar-refractivity contribution in [2.24, 2.45) is 5.73 Å². The zero-order chi connectivity index (χ0) is 27.0. The third kappa shape index (κ3) is 11.8. The number of nitrogens with two attached hydrogens (primary N) is 1. The van der Waals surface area contributed by atoms with Gasteiger partial charge < -0.3 is 20.7 Å². The molecule has 2 aromatic carbocycles. The number of rotatable bonds is 11. The molecule has 1 aliphatic heterocycles. The summed E-state index contributed by atoms with van der Waals surface area (Å²) in [5.41, 5.74) is 9.13. The Balaban J connectivity index is 0.00000235. The van der Waals surface area contributed by atoms with Crippen molar-refractivity contribution in [3.63, 3.8) is 0 Å². The molecule has 3 N–H and O–H groups in total. The van der Waals surface area contributed by atoms with E-state index in [1.165, 1.54) is 31.4 Å². The predicted octanol–water partition coefficient (Wildman–Crippen LogP) is 6.71. The molecule has 37 heavy (non-hydrogen) atoms. The molecular weight excluding hydrogens is 489 g/mol. The molecule has 5 nitrogen and oxygen atoms in total. The van der Waals surface area contributed by atoms with Gasteiger partial charge in [-0.1, -0.05) is 50.1 Å². The fourth-order valence-corrected chi connectivity index (χ4v) is 4.14. The molecule has 0 atom stereocenters. The number of carbonyl (C=O) groups is 1. The maximum atomic E-state index is 14.1. The Hall–Kier alpha value is -2.83. The van der Waals surface area contributed by atoms with Crippen LogP contribution in [0.3, 0.4) is 0 Å². The smallest absolute Gasteiger partial charge is 0.226 e. The molecule has 0 aromatic heterocycles. The Morgan fingerprint density at radius 2 is 1.81 bits per heavy atom. The normalized spacial score (nSPS) is 14.5. The highest BCUT2D eigenvalue weighted by molar-refractivity contribution is 6.30. The average molecular weight is 530 g/mol. The average Bonchev–Trinajstić information content (AvgIpc) is 2.90. The summed E-state index contributed by atoms with van der Waals surface area (Å²) in [6.07, 6.45) is 8.40. The van der Waals surface area contributed by atoms with E-state index in [0.717, 1.165) is 37.2 Å². The van der Waals surface area contributed by atoms with Gasteiger partial charge in [-0.3, -0.25) is 4.79 Å². The largest absolute Gasteiger partial charge is 0.493 e. The van der Waals surface area contributed by atoms with Gasteiger partial charge in [0.25, 0.3) is 0 Å². The van der Waals surface area contributed by atoms with Gasteiger partial charge in [-0.05, 0) is 86.3 Å². The second-order valence-electron chi connectivity index (χ2n) is 8.95. The monoisotopic (exact) mass is 529 g/mol. The summed E-state index contributed by atoms with van der Waals surface area (Å²) >= 11 is 5.92. The van der Waals surface area contributed by atoms with Crippen LogP contribution in [-0.4, -0.2) is 37.0 Å². The second-order valence-corrected chi connectivity index (χ2v) is 9.39. The zero-order valence-corrected chi connectivity index (χ0v) is 23.1. The lowest BCUT2D eigenvalue weighted by Crippen LogP contribution is -2.31. The Morgan fingerprint density at radius 3 is 2.51 bits per heavy atom. The topological polar surface area (TPSA) is 67.6 Å². The minimum absolute atomic E-state index is 0.0551. The fraction of sp³-hybridized carbons (Fsp3) is 0.433.